The van der Waals surface area contributed by atoms with Crippen LogP contribution < -0.4 is 21.1 Å². The van der Waals surface area contributed by atoms with Gasteiger partial charge in [0.05, 0.1) is 26.4 Å². The maximum absolute atomic E-state index is 13.0. The van der Waals surface area contributed by atoms with Gasteiger partial charge in [-0.3, -0.25) is 29.6 Å². The van der Waals surface area contributed by atoms with E-state index in [2.05, 4.69) is 25.3 Å². The molecule has 1 unspecified atom stereocenters. The molecule has 3 amide bonds. The Labute approximate surface area is 260 Å². The van der Waals surface area contributed by atoms with E-state index in [1.165, 1.54) is 19.1 Å². The van der Waals surface area contributed by atoms with Crippen molar-refractivity contribution in [3.63, 3.8) is 0 Å². The first-order valence-electron chi connectivity index (χ1n) is 14.4. The zero-order valence-corrected chi connectivity index (χ0v) is 26.2. The average Bonchev–Trinajstić information content (AvgIpc) is 3.35. The van der Waals surface area contributed by atoms with Gasteiger partial charge in [-0.05, 0) is 64.7 Å². The van der Waals surface area contributed by atoms with Crippen LogP contribution in [0.4, 0.5) is 21.4 Å². The van der Waals surface area contributed by atoms with Gasteiger partial charge in [0.25, 0.3) is 11.5 Å². The summed E-state index contributed by atoms with van der Waals surface area (Å²) in [4.78, 5) is 82.7. The molecule has 0 aliphatic carbocycles. The van der Waals surface area contributed by atoms with Crippen molar-refractivity contribution in [3.8, 4) is 0 Å². The van der Waals surface area contributed by atoms with Crippen LogP contribution in [-0.4, -0.2) is 78.5 Å². The lowest BCUT2D eigenvalue weighted by molar-refractivity contribution is -0.144. The highest BCUT2D eigenvalue weighted by Gasteiger charge is 2.38. The van der Waals surface area contributed by atoms with E-state index < -0.39 is 53.3 Å². The van der Waals surface area contributed by atoms with Crippen molar-refractivity contribution in [1.82, 2.24) is 15.3 Å². The molecule has 0 saturated carbocycles. The van der Waals surface area contributed by atoms with Gasteiger partial charge in [-0.1, -0.05) is 12.1 Å². The lowest BCUT2D eigenvalue weighted by atomic mass is 10.0. The number of hydrogen-bond acceptors (Lipinski definition) is 11. The van der Waals surface area contributed by atoms with Crippen molar-refractivity contribution in [2.24, 2.45) is 0 Å². The molecule has 0 saturated heterocycles. The Morgan fingerprint density at radius 3 is 2.38 bits per heavy atom. The average molecular weight is 630 g/mol. The molecule has 15 nitrogen and oxygen atoms in total. The smallest absolute Gasteiger partial charge is 0.415 e. The third-order valence-corrected chi connectivity index (χ3v) is 6.75. The van der Waals surface area contributed by atoms with Crippen LogP contribution in [0.15, 0.2) is 29.1 Å². The number of esters is 2. The van der Waals surface area contributed by atoms with Crippen molar-refractivity contribution < 1.29 is 42.9 Å². The summed E-state index contributed by atoms with van der Waals surface area (Å²) >= 11 is 0. The van der Waals surface area contributed by atoms with E-state index in [1.807, 2.05) is 0 Å². The summed E-state index contributed by atoms with van der Waals surface area (Å²) < 4.78 is 19.8. The van der Waals surface area contributed by atoms with E-state index in [9.17, 15) is 28.8 Å². The quantitative estimate of drug-likeness (QED) is 0.244. The van der Waals surface area contributed by atoms with Crippen molar-refractivity contribution in [2.45, 2.75) is 77.5 Å². The van der Waals surface area contributed by atoms with Gasteiger partial charge in [0.1, 0.15) is 11.6 Å². The molecule has 3 rings (SSSR count). The normalized spacial score (nSPS) is 14.5. The van der Waals surface area contributed by atoms with Gasteiger partial charge in [0, 0.05) is 24.4 Å². The molecule has 1 aromatic carbocycles. The Kier molecular flexibility index (Phi) is 11.6. The van der Waals surface area contributed by atoms with Crippen molar-refractivity contribution in [3.05, 3.63) is 51.3 Å². The summed E-state index contributed by atoms with van der Waals surface area (Å²) in [5.41, 5.74) is 0.128. The number of amides is 3. The highest BCUT2D eigenvalue weighted by atomic mass is 16.6. The molecule has 0 bridgehead atoms. The summed E-state index contributed by atoms with van der Waals surface area (Å²) in [6, 6.07) is 5.15. The van der Waals surface area contributed by atoms with Crippen molar-refractivity contribution >= 4 is 41.8 Å². The Morgan fingerprint density at radius 1 is 1.09 bits per heavy atom. The second-order valence-electron chi connectivity index (χ2n) is 11.2. The molecule has 2 aromatic rings. The Hall–Kier alpha value is -4.95. The minimum absolute atomic E-state index is 0.0141. The fraction of sp³-hybridized carbons (Fsp3) is 0.500. The van der Waals surface area contributed by atoms with Gasteiger partial charge in [0.15, 0.2) is 5.82 Å². The number of carbonyl (C=O) groups excluding carboxylic acids is 5. The lowest BCUT2D eigenvalue weighted by Gasteiger charge is -2.24. The molecule has 244 valence electrons. The summed E-state index contributed by atoms with van der Waals surface area (Å²) in [5, 5.41) is 4.98. The van der Waals surface area contributed by atoms with Gasteiger partial charge in [-0.15, -0.1) is 0 Å². The number of aromatic nitrogens is 2. The van der Waals surface area contributed by atoms with Crippen molar-refractivity contribution in [2.75, 3.05) is 31.0 Å². The lowest BCUT2D eigenvalue weighted by Crippen LogP contribution is -2.41. The molecule has 2 heterocycles. The van der Waals surface area contributed by atoms with Crippen LogP contribution in [-0.2, 0) is 41.4 Å². The highest BCUT2D eigenvalue weighted by molar-refractivity contribution is 5.97. The number of ether oxygens (including phenoxy) is 4. The van der Waals surface area contributed by atoms with Crippen LogP contribution in [0.3, 0.4) is 0 Å². The Morgan fingerprint density at radius 2 is 1.78 bits per heavy atom. The number of nitrogens with one attached hydrogen (secondary N) is 3. The van der Waals surface area contributed by atoms with E-state index >= 15 is 0 Å². The molecular weight excluding hydrogens is 590 g/mol. The molecule has 0 fully saturated rings. The second kappa shape index (κ2) is 15.2. The number of fused-ring (bicyclic) bond motifs is 1. The van der Waals surface area contributed by atoms with E-state index in [4.69, 9.17) is 14.2 Å². The van der Waals surface area contributed by atoms with Gasteiger partial charge >= 0.3 is 24.1 Å². The van der Waals surface area contributed by atoms with Crippen LogP contribution in [0.25, 0.3) is 0 Å². The maximum Gasteiger partial charge on any atom is 0.415 e. The van der Waals surface area contributed by atoms with Crippen LogP contribution in [0.5, 0.6) is 0 Å². The van der Waals surface area contributed by atoms with E-state index in [-0.39, 0.29) is 48.8 Å². The second-order valence-corrected chi connectivity index (χ2v) is 11.2. The molecule has 3 N–H and O–H groups in total. The third kappa shape index (κ3) is 9.52. The number of nitrogens with zero attached hydrogens (tertiary/aromatic N) is 2. The predicted octanol–water partition coefficient (Wildman–Crippen LogP) is 2.86. The van der Waals surface area contributed by atoms with Crippen LogP contribution in [0.2, 0.25) is 0 Å². The molecule has 0 spiro atoms. The number of anilines is 2. The summed E-state index contributed by atoms with van der Waals surface area (Å²) in [5.74, 6) is -1.81. The highest BCUT2D eigenvalue weighted by Crippen LogP contribution is 2.32. The molecule has 2 atom stereocenters. The number of aromatic amines is 1. The summed E-state index contributed by atoms with van der Waals surface area (Å²) in [6.45, 7) is 6.84. The predicted molar refractivity (Wildman–Crippen MR) is 161 cm³/mol. The zero-order chi connectivity index (χ0) is 33.3. The molecular formula is C30H39N5O10. The number of methoxy groups -OCH3 is 2. The van der Waals surface area contributed by atoms with E-state index in [1.54, 1.807) is 52.0 Å². The van der Waals surface area contributed by atoms with Gasteiger partial charge in [0.2, 0.25) is 5.95 Å². The molecule has 45 heavy (non-hydrogen) atoms. The van der Waals surface area contributed by atoms with Crippen LogP contribution >= 0.6 is 0 Å². The first-order chi connectivity index (χ1) is 21.3. The minimum atomic E-state index is -1.03. The fourth-order valence-corrected chi connectivity index (χ4v) is 4.64. The molecule has 1 aromatic heterocycles. The van der Waals surface area contributed by atoms with Gasteiger partial charge < -0.3 is 24.3 Å². The Bertz CT molecular complexity index is 1460. The van der Waals surface area contributed by atoms with Crippen LogP contribution in [0, 0.1) is 0 Å². The fourth-order valence-electron chi connectivity index (χ4n) is 4.64. The van der Waals surface area contributed by atoms with E-state index in [0.29, 0.717) is 12.8 Å². The number of benzene rings is 1. The number of hydrogen-bond donors (Lipinski definition) is 3. The monoisotopic (exact) mass is 629 g/mol. The minimum Gasteiger partial charge on any atom is -0.469 e. The number of rotatable bonds is 11. The van der Waals surface area contributed by atoms with Crippen molar-refractivity contribution in [1.29, 1.82) is 0 Å². The first kappa shape index (κ1) is 34.5. The maximum atomic E-state index is 13.0. The SMILES string of the molecule is CCOC(=O)N1c2nc(NC(=O)OC(C)(C)C)[nH]c(=O)c2CC1CCc1ccc(C(=O)N[C@@H](CCC(=O)OC)C(=O)OC)cc1. The third-order valence-electron chi connectivity index (χ3n) is 6.75. The first-order valence-corrected chi connectivity index (χ1v) is 14.4. The summed E-state index contributed by atoms with van der Waals surface area (Å²) in [6.07, 6.45) is -0.450. The van der Waals surface area contributed by atoms with Crippen LogP contribution in [0.1, 0.15) is 68.4 Å². The molecule has 1 aliphatic heterocycles. The largest absolute Gasteiger partial charge is 0.469 e. The Balaban J connectivity index is 1.71. The van der Waals surface area contributed by atoms with E-state index in [0.717, 1.165) is 5.56 Å². The number of aryl methyl sites for hydroxylation is 1. The van der Waals surface area contributed by atoms with Gasteiger partial charge in [-0.2, -0.15) is 4.98 Å². The zero-order valence-electron chi connectivity index (χ0n) is 26.2. The summed E-state index contributed by atoms with van der Waals surface area (Å²) in [7, 11) is 2.42. The molecule has 1 aliphatic rings. The molecule has 15 heteroatoms. The van der Waals surface area contributed by atoms with Gasteiger partial charge in [-0.25, -0.2) is 14.4 Å². The topological polar surface area (TPSA) is 195 Å². The standard InChI is InChI=1S/C30H39N5O10/c1-7-44-29(41)35-19(16-20-23(35)32-27(33-25(20)38)34-28(40)45-30(2,3)4)13-10-17-8-11-18(12-9-17)24(37)31-21(26(39)43-6)14-15-22(36)42-5/h8-9,11-12,19,21H,7,10,13-16H2,1-6H3,(H,31,37)(H2,32,33,34,38,40)/t19?,21-/m0/s1. The number of carbonyl (C=O) groups is 5. The molecule has 0 radical (unpaired) electrons. The number of H-pyrrole nitrogens is 1.